The quantitative estimate of drug-likeness (QED) is 0.405. The molecule has 0 saturated carbocycles. The minimum atomic E-state index is -3.71. The molecule has 0 radical (unpaired) electrons. The molecular weight excluding hydrogens is 492 g/mol. The summed E-state index contributed by atoms with van der Waals surface area (Å²) in [6.07, 6.45) is 0.649. The van der Waals surface area contributed by atoms with Crippen LogP contribution in [-0.4, -0.2) is 30.2 Å². The number of amides is 1. The van der Waals surface area contributed by atoms with Gasteiger partial charge in [-0.25, -0.2) is 22.2 Å². The van der Waals surface area contributed by atoms with Crippen LogP contribution in [0, 0.1) is 11.6 Å². The van der Waals surface area contributed by atoms with E-state index in [4.69, 9.17) is 0 Å². The van der Waals surface area contributed by atoms with Gasteiger partial charge in [0.1, 0.15) is 0 Å². The number of anilines is 1. The Balaban J connectivity index is 1.28. The molecule has 0 spiro atoms. The smallest absolute Gasteiger partial charge is 0.257 e. The van der Waals surface area contributed by atoms with Crippen molar-refractivity contribution < 1.29 is 22.0 Å². The highest BCUT2D eigenvalue weighted by atomic mass is 32.2. The third-order valence-electron chi connectivity index (χ3n) is 5.79. The molecular formula is C25H19F2N3O3S2. The molecule has 1 aliphatic heterocycles. The highest BCUT2D eigenvalue weighted by Crippen LogP contribution is 2.27. The summed E-state index contributed by atoms with van der Waals surface area (Å²) in [4.78, 5) is 17.0. The molecule has 5 rings (SSSR count). The summed E-state index contributed by atoms with van der Waals surface area (Å²) in [6.45, 7) is 0.705. The predicted molar refractivity (Wildman–Crippen MR) is 130 cm³/mol. The van der Waals surface area contributed by atoms with Crippen molar-refractivity contribution in [3.63, 3.8) is 0 Å². The molecule has 0 unspecified atom stereocenters. The molecule has 4 aromatic rings. The van der Waals surface area contributed by atoms with Crippen molar-refractivity contribution in [3.05, 3.63) is 100 Å². The average molecular weight is 512 g/mol. The topological polar surface area (TPSA) is 79.4 Å². The van der Waals surface area contributed by atoms with Gasteiger partial charge >= 0.3 is 0 Å². The van der Waals surface area contributed by atoms with Crippen LogP contribution in [0.5, 0.6) is 0 Å². The monoisotopic (exact) mass is 511 g/mol. The second-order valence-electron chi connectivity index (χ2n) is 8.00. The van der Waals surface area contributed by atoms with Crippen molar-refractivity contribution in [2.75, 3.05) is 11.9 Å². The van der Waals surface area contributed by atoms with Gasteiger partial charge in [0.05, 0.1) is 10.6 Å². The van der Waals surface area contributed by atoms with Crippen molar-refractivity contribution in [2.24, 2.45) is 0 Å². The summed E-state index contributed by atoms with van der Waals surface area (Å²) in [5, 5.41) is 4.54. The number of carbonyl (C=O) groups is 1. The molecule has 1 aliphatic rings. The molecule has 0 fully saturated rings. The Hall–Kier alpha value is -3.47. The van der Waals surface area contributed by atoms with E-state index in [9.17, 15) is 22.0 Å². The first kappa shape index (κ1) is 23.3. The van der Waals surface area contributed by atoms with E-state index in [1.807, 2.05) is 24.3 Å². The Morgan fingerprint density at radius 3 is 2.46 bits per heavy atom. The zero-order chi connectivity index (χ0) is 24.6. The second kappa shape index (κ2) is 9.29. The SMILES string of the molecule is O=C(Nc1nc(-c2ccc(F)c(F)c2)cs1)c1ccc(S(=O)(=O)N2CCc3ccccc3C2)cc1. The number of rotatable bonds is 5. The van der Waals surface area contributed by atoms with Gasteiger partial charge in [-0.1, -0.05) is 24.3 Å². The van der Waals surface area contributed by atoms with E-state index in [-0.39, 0.29) is 15.6 Å². The number of thiazole rings is 1. The highest BCUT2D eigenvalue weighted by molar-refractivity contribution is 7.89. The number of sulfonamides is 1. The molecule has 3 aromatic carbocycles. The first-order valence-corrected chi connectivity index (χ1v) is 13.0. The van der Waals surface area contributed by atoms with Crippen molar-refractivity contribution in [1.82, 2.24) is 9.29 Å². The number of carbonyl (C=O) groups excluding carboxylic acids is 1. The zero-order valence-corrected chi connectivity index (χ0v) is 19.9. The van der Waals surface area contributed by atoms with E-state index in [1.54, 1.807) is 5.38 Å². The summed E-state index contributed by atoms with van der Waals surface area (Å²) in [6, 6.07) is 17.0. The third kappa shape index (κ3) is 4.72. The van der Waals surface area contributed by atoms with Crippen LogP contribution in [0.3, 0.4) is 0 Å². The number of nitrogens with one attached hydrogen (secondary N) is 1. The van der Waals surface area contributed by atoms with Crippen molar-refractivity contribution in [1.29, 1.82) is 0 Å². The van der Waals surface area contributed by atoms with Gasteiger partial charge in [-0.3, -0.25) is 10.1 Å². The van der Waals surface area contributed by atoms with Crippen molar-refractivity contribution >= 4 is 32.4 Å². The number of benzene rings is 3. The standard InChI is InChI=1S/C25H19F2N3O3S2/c26-21-10-7-18(13-22(21)27)23-15-34-25(28-23)29-24(31)17-5-8-20(9-6-17)35(32,33)30-12-11-16-3-1-2-4-19(16)14-30/h1-10,13,15H,11-12,14H2,(H,28,29,31). The Morgan fingerprint density at radius 2 is 1.71 bits per heavy atom. The van der Waals surface area contributed by atoms with Crippen LogP contribution in [0.2, 0.25) is 0 Å². The molecule has 0 saturated heterocycles. The lowest BCUT2D eigenvalue weighted by atomic mass is 10.0. The molecule has 0 bridgehead atoms. The van der Waals surface area contributed by atoms with Crippen LogP contribution < -0.4 is 5.32 Å². The molecule has 178 valence electrons. The van der Waals surface area contributed by atoms with E-state index in [2.05, 4.69) is 10.3 Å². The van der Waals surface area contributed by atoms with Gasteiger partial charge < -0.3 is 0 Å². The average Bonchev–Trinajstić information content (AvgIpc) is 3.34. The van der Waals surface area contributed by atoms with Gasteiger partial charge in [0.25, 0.3) is 5.91 Å². The molecule has 1 amide bonds. The van der Waals surface area contributed by atoms with Gasteiger partial charge in [-0.2, -0.15) is 4.31 Å². The minimum absolute atomic E-state index is 0.114. The maximum Gasteiger partial charge on any atom is 0.257 e. The maximum atomic E-state index is 13.5. The molecule has 1 N–H and O–H groups in total. The van der Waals surface area contributed by atoms with Gasteiger partial charge in [0, 0.05) is 29.6 Å². The first-order chi connectivity index (χ1) is 16.8. The Labute approximate surface area is 204 Å². The number of halogens is 2. The van der Waals surface area contributed by atoms with Crippen LogP contribution in [0.15, 0.2) is 77.0 Å². The first-order valence-electron chi connectivity index (χ1n) is 10.7. The lowest BCUT2D eigenvalue weighted by Gasteiger charge is -2.28. The molecule has 1 aromatic heterocycles. The number of hydrogen-bond donors (Lipinski definition) is 1. The van der Waals surface area contributed by atoms with Gasteiger partial charge in [-0.05, 0) is 60.0 Å². The molecule has 35 heavy (non-hydrogen) atoms. The largest absolute Gasteiger partial charge is 0.298 e. The second-order valence-corrected chi connectivity index (χ2v) is 10.8. The lowest BCUT2D eigenvalue weighted by Crippen LogP contribution is -2.35. The summed E-state index contributed by atoms with van der Waals surface area (Å²) >= 11 is 1.14. The number of fused-ring (bicyclic) bond motifs is 1. The lowest BCUT2D eigenvalue weighted by molar-refractivity contribution is 0.102. The number of nitrogens with zero attached hydrogens (tertiary/aromatic N) is 2. The third-order valence-corrected chi connectivity index (χ3v) is 8.41. The normalized spacial score (nSPS) is 13.9. The van der Waals surface area contributed by atoms with Crippen LogP contribution >= 0.6 is 11.3 Å². The van der Waals surface area contributed by atoms with Gasteiger partial charge in [-0.15, -0.1) is 11.3 Å². The highest BCUT2D eigenvalue weighted by Gasteiger charge is 2.28. The van der Waals surface area contributed by atoms with E-state index in [0.717, 1.165) is 34.6 Å². The number of aromatic nitrogens is 1. The van der Waals surface area contributed by atoms with Crippen LogP contribution in [-0.2, 0) is 23.0 Å². The molecule has 2 heterocycles. The molecule has 0 atom stereocenters. The fraction of sp³-hybridized carbons (Fsp3) is 0.120. The van der Waals surface area contributed by atoms with Gasteiger partial charge in [0.2, 0.25) is 10.0 Å². The fourth-order valence-electron chi connectivity index (χ4n) is 3.89. The van der Waals surface area contributed by atoms with Crippen molar-refractivity contribution in [2.45, 2.75) is 17.9 Å². The zero-order valence-electron chi connectivity index (χ0n) is 18.2. The maximum absolute atomic E-state index is 13.5. The molecule has 10 heteroatoms. The van der Waals surface area contributed by atoms with Crippen LogP contribution in [0.1, 0.15) is 21.5 Å². The van der Waals surface area contributed by atoms with E-state index in [1.165, 1.54) is 34.6 Å². The van der Waals surface area contributed by atoms with E-state index in [0.29, 0.717) is 30.8 Å². The molecule has 6 nitrogen and oxygen atoms in total. The Morgan fingerprint density at radius 1 is 0.971 bits per heavy atom. The van der Waals surface area contributed by atoms with E-state index >= 15 is 0 Å². The van der Waals surface area contributed by atoms with Crippen LogP contribution in [0.4, 0.5) is 13.9 Å². The summed E-state index contributed by atoms with van der Waals surface area (Å²) < 4.78 is 54.3. The predicted octanol–water partition coefficient (Wildman–Crippen LogP) is 5.09. The van der Waals surface area contributed by atoms with Crippen LogP contribution in [0.25, 0.3) is 11.3 Å². The number of hydrogen-bond acceptors (Lipinski definition) is 5. The summed E-state index contributed by atoms with van der Waals surface area (Å²) in [5.41, 5.74) is 3.19. The van der Waals surface area contributed by atoms with Crippen molar-refractivity contribution in [3.8, 4) is 11.3 Å². The van der Waals surface area contributed by atoms with E-state index < -0.39 is 27.6 Å². The minimum Gasteiger partial charge on any atom is -0.298 e. The summed E-state index contributed by atoms with van der Waals surface area (Å²) in [7, 11) is -3.71. The Bertz CT molecular complexity index is 1520. The van der Waals surface area contributed by atoms with Gasteiger partial charge in [0.15, 0.2) is 16.8 Å². The molecule has 0 aliphatic carbocycles. The summed E-state index contributed by atoms with van der Waals surface area (Å²) in [5.74, 6) is -2.40. The Kier molecular flexibility index (Phi) is 6.18. The fourth-order valence-corrected chi connectivity index (χ4v) is 6.02.